The van der Waals surface area contributed by atoms with Crippen molar-refractivity contribution in [2.24, 2.45) is 10.7 Å². The van der Waals surface area contributed by atoms with Gasteiger partial charge in [0.2, 0.25) is 0 Å². The Morgan fingerprint density at radius 1 is 1.42 bits per heavy atom. The monoisotopic (exact) mass is 204 g/mol. The number of hydrogen-bond acceptors (Lipinski definition) is 3. The molecule has 2 N–H and O–H groups in total. The lowest BCUT2D eigenvalue weighted by Crippen LogP contribution is -2.35. The third-order valence-electron chi connectivity index (χ3n) is 2.14. The Bertz CT molecular complexity index is 182. The van der Waals surface area contributed by atoms with Gasteiger partial charge in [0.25, 0.3) is 0 Å². The van der Waals surface area contributed by atoms with E-state index in [0.717, 1.165) is 16.8 Å². The molecular formula is C8H16N2S2. The molecule has 0 amide bonds. The van der Waals surface area contributed by atoms with Crippen LogP contribution in [-0.4, -0.2) is 34.4 Å². The Kier molecular flexibility index (Phi) is 3.77. The Morgan fingerprint density at radius 2 is 2.08 bits per heavy atom. The fourth-order valence-corrected chi connectivity index (χ4v) is 3.97. The van der Waals surface area contributed by atoms with E-state index in [4.69, 9.17) is 5.73 Å². The summed E-state index contributed by atoms with van der Waals surface area (Å²) in [5.74, 6) is 1.91. The largest absolute Gasteiger partial charge is 0.387 e. The van der Waals surface area contributed by atoms with Gasteiger partial charge >= 0.3 is 0 Å². The topological polar surface area (TPSA) is 38.4 Å². The van der Waals surface area contributed by atoms with Crippen LogP contribution in [0.5, 0.6) is 0 Å². The summed E-state index contributed by atoms with van der Waals surface area (Å²) in [5.41, 5.74) is 5.77. The van der Waals surface area contributed by atoms with Crippen molar-refractivity contribution in [2.75, 3.05) is 12.8 Å². The van der Waals surface area contributed by atoms with Crippen molar-refractivity contribution in [2.45, 2.75) is 29.6 Å². The van der Waals surface area contributed by atoms with E-state index in [1.165, 1.54) is 0 Å². The molecule has 1 fully saturated rings. The highest BCUT2D eigenvalue weighted by Gasteiger charge is 2.27. The van der Waals surface area contributed by atoms with E-state index < -0.39 is 0 Å². The molecule has 0 aromatic carbocycles. The number of hydrogen-bond donors (Lipinski definition) is 1. The summed E-state index contributed by atoms with van der Waals surface area (Å²) in [6.07, 6.45) is 0. The SMILES string of the molecule is CN=C(N)C1CSC(C)C(C)S1. The highest BCUT2D eigenvalue weighted by atomic mass is 32.2. The fraction of sp³-hybridized carbons (Fsp3) is 0.875. The van der Waals surface area contributed by atoms with Gasteiger partial charge < -0.3 is 5.73 Å². The van der Waals surface area contributed by atoms with Crippen molar-refractivity contribution in [3.63, 3.8) is 0 Å². The number of amidine groups is 1. The quantitative estimate of drug-likeness (QED) is 0.521. The molecule has 0 aromatic rings. The first-order chi connectivity index (χ1) is 5.65. The van der Waals surface area contributed by atoms with Gasteiger partial charge in [-0.1, -0.05) is 13.8 Å². The summed E-state index contributed by atoms with van der Waals surface area (Å²) >= 11 is 3.95. The number of nitrogens with zero attached hydrogens (tertiary/aromatic N) is 1. The van der Waals surface area contributed by atoms with Crippen LogP contribution in [0.25, 0.3) is 0 Å². The Balaban J connectivity index is 2.51. The zero-order valence-corrected chi connectivity index (χ0v) is 9.41. The third-order valence-corrected chi connectivity index (χ3v) is 5.56. The number of aliphatic imine (C=N–C) groups is 1. The van der Waals surface area contributed by atoms with Gasteiger partial charge in [0.05, 0.1) is 5.25 Å². The van der Waals surface area contributed by atoms with Gasteiger partial charge in [0.15, 0.2) is 0 Å². The van der Waals surface area contributed by atoms with Gasteiger partial charge in [-0.2, -0.15) is 11.8 Å². The van der Waals surface area contributed by atoms with Crippen LogP contribution < -0.4 is 5.73 Å². The zero-order chi connectivity index (χ0) is 9.14. The predicted octanol–water partition coefficient (Wildman–Crippen LogP) is 1.60. The molecule has 1 heterocycles. The molecule has 1 aliphatic heterocycles. The summed E-state index contributed by atoms with van der Waals surface area (Å²) in [6, 6.07) is 0. The van der Waals surface area contributed by atoms with Crippen molar-refractivity contribution in [3.8, 4) is 0 Å². The molecule has 1 rings (SSSR count). The van der Waals surface area contributed by atoms with Gasteiger partial charge in [-0.05, 0) is 0 Å². The molecule has 0 aliphatic carbocycles. The molecule has 0 bridgehead atoms. The molecule has 2 nitrogen and oxygen atoms in total. The van der Waals surface area contributed by atoms with Crippen LogP contribution in [-0.2, 0) is 0 Å². The van der Waals surface area contributed by atoms with Gasteiger partial charge in [-0.15, -0.1) is 11.8 Å². The third kappa shape index (κ3) is 2.33. The first kappa shape index (κ1) is 10.3. The van der Waals surface area contributed by atoms with Crippen LogP contribution in [0.4, 0.5) is 0 Å². The van der Waals surface area contributed by atoms with Crippen molar-refractivity contribution >= 4 is 29.4 Å². The minimum atomic E-state index is 0.436. The van der Waals surface area contributed by atoms with Crippen LogP contribution in [0, 0.1) is 0 Å². The van der Waals surface area contributed by atoms with E-state index >= 15 is 0 Å². The summed E-state index contributed by atoms with van der Waals surface area (Å²) in [6.45, 7) is 4.54. The Labute approximate surface area is 82.8 Å². The second kappa shape index (κ2) is 4.42. The van der Waals surface area contributed by atoms with Crippen molar-refractivity contribution in [1.29, 1.82) is 0 Å². The van der Waals surface area contributed by atoms with Crippen LogP contribution in [0.2, 0.25) is 0 Å². The maximum Gasteiger partial charge on any atom is 0.107 e. The summed E-state index contributed by atoms with van der Waals surface area (Å²) < 4.78 is 0. The van der Waals surface area contributed by atoms with Gasteiger partial charge in [-0.25, -0.2) is 0 Å². The maximum atomic E-state index is 5.77. The van der Waals surface area contributed by atoms with Crippen LogP contribution in [0.3, 0.4) is 0 Å². The molecule has 0 saturated carbocycles. The molecule has 0 radical (unpaired) electrons. The Morgan fingerprint density at radius 3 is 2.58 bits per heavy atom. The summed E-state index contributed by atoms with van der Waals surface area (Å²) in [5, 5.41) is 1.87. The lowest BCUT2D eigenvalue weighted by atomic mass is 10.3. The fourth-order valence-electron chi connectivity index (χ4n) is 1.08. The average Bonchev–Trinajstić information content (AvgIpc) is 2.08. The second-order valence-electron chi connectivity index (χ2n) is 3.02. The minimum Gasteiger partial charge on any atom is -0.387 e. The summed E-state index contributed by atoms with van der Waals surface area (Å²) in [7, 11) is 1.77. The Hall–Kier alpha value is 0.170. The molecule has 12 heavy (non-hydrogen) atoms. The molecular weight excluding hydrogens is 188 g/mol. The van der Waals surface area contributed by atoms with E-state index in [1.807, 2.05) is 23.5 Å². The van der Waals surface area contributed by atoms with Crippen molar-refractivity contribution in [1.82, 2.24) is 0 Å². The molecule has 4 heteroatoms. The van der Waals surface area contributed by atoms with E-state index in [1.54, 1.807) is 7.05 Å². The van der Waals surface area contributed by atoms with Crippen molar-refractivity contribution in [3.05, 3.63) is 0 Å². The molecule has 1 aliphatic rings. The predicted molar refractivity (Wildman–Crippen MR) is 60.3 cm³/mol. The first-order valence-electron chi connectivity index (χ1n) is 4.14. The molecule has 3 unspecified atom stereocenters. The minimum absolute atomic E-state index is 0.436. The number of nitrogens with two attached hydrogens (primary N) is 1. The first-order valence-corrected chi connectivity index (χ1v) is 6.13. The highest BCUT2D eigenvalue weighted by Crippen LogP contribution is 2.35. The molecule has 3 atom stereocenters. The van der Waals surface area contributed by atoms with Gasteiger partial charge in [0.1, 0.15) is 5.84 Å². The number of thioether (sulfide) groups is 2. The van der Waals surface area contributed by atoms with Gasteiger partial charge in [-0.3, -0.25) is 4.99 Å². The van der Waals surface area contributed by atoms with Crippen LogP contribution >= 0.6 is 23.5 Å². The maximum absolute atomic E-state index is 5.77. The van der Waals surface area contributed by atoms with Crippen LogP contribution in [0.15, 0.2) is 4.99 Å². The van der Waals surface area contributed by atoms with Crippen molar-refractivity contribution < 1.29 is 0 Å². The lowest BCUT2D eigenvalue weighted by molar-refractivity contribution is 0.910. The second-order valence-corrected chi connectivity index (χ2v) is 6.01. The molecule has 0 spiro atoms. The zero-order valence-electron chi connectivity index (χ0n) is 7.78. The summed E-state index contributed by atoms with van der Waals surface area (Å²) in [4.78, 5) is 4.03. The van der Waals surface area contributed by atoms with Crippen LogP contribution in [0.1, 0.15) is 13.8 Å². The van der Waals surface area contributed by atoms with E-state index in [0.29, 0.717) is 10.5 Å². The average molecular weight is 204 g/mol. The van der Waals surface area contributed by atoms with E-state index in [2.05, 4.69) is 18.8 Å². The molecule has 1 saturated heterocycles. The normalized spacial score (nSPS) is 38.2. The standard InChI is InChI=1S/C8H16N2S2/c1-5-6(2)12-7(4-11-5)8(9)10-3/h5-7H,4H2,1-3H3,(H2,9,10). The van der Waals surface area contributed by atoms with E-state index in [9.17, 15) is 0 Å². The highest BCUT2D eigenvalue weighted by molar-refractivity contribution is 8.08. The molecule has 0 aromatic heterocycles. The molecule has 70 valence electrons. The smallest absolute Gasteiger partial charge is 0.107 e. The van der Waals surface area contributed by atoms with E-state index in [-0.39, 0.29) is 0 Å². The number of rotatable bonds is 1. The van der Waals surface area contributed by atoms with Gasteiger partial charge in [0, 0.05) is 23.3 Å². The lowest BCUT2D eigenvalue weighted by Gasteiger charge is -2.30.